The third kappa shape index (κ3) is 15.8. The van der Waals surface area contributed by atoms with Crippen molar-refractivity contribution in [1.82, 2.24) is 16.0 Å². The predicted octanol–water partition coefficient (Wildman–Crippen LogP) is 2.74. The fourth-order valence-electron chi connectivity index (χ4n) is 3.98. The molecule has 0 bridgehead atoms. The van der Waals surface area contributed by atoms with Crippen LogP contribution < -0.4 is 27.4 Å². The molecule has 0 aliphatic rings. The van der Waals surface area contributed by atoms with Crippen LogP contribution in [0.25, 0.3) is 0 Å². The number of ether oxygens (including phenoxy) is 2. The quantitative estimate of drug-likeness (QED) is 0.0841. The van der Waals surface area contributed by atoms with E-state index >= 15 is 0 Å². The van der Waals surface area contributed by atoms with Crippen LogP contribution in [0.4, 0.5) is 4.79 Å². The number of rotatable bonds is 16. The lowest BCUT2D eigenvalue weighted by Crippen LogP contribution is -2.56. The minimum atomic E-state index is -1.03. The number of benzene rings is 1. The van der Waals surface area contributed by atoms with E-state index in [0.717, 1.165) is 5.56 Å². The average Bonchev–Trinajstić information content (AvgIpc) is 2.86. The van der Waals surface area contributed by atoms with Crippen molar-refractivity contribution in [2.75, 3.05) is 6.54 Å². The molecule has 236 valence electrons. The van der Waals surface area contributed by atoms with E-state index in [0.29, 0.717) is 19.3 Å². The molecular formula is C30H50N6O6. The van der Waals surface area contributed by atoms with Gasteiger partial charge in [-0.1, -0.05) is 58.0 Å². The maximum absolute atomic E-state index is 13.5. The van der Waals surface area contributed by atoms with E-state index in [1.807, 2.05) is 58.0 Å². The lowest BCUT2D eigenvalue weighted by Gasteiger charge is -2.27. The lowest BCUT2D eigenvalue weighted by molar-refractivity contribution is -0.150. The number of guanidine groups is 1. The molecule has 3 atom stereocenters. The van der Waals surface area contributed by atoms with Crippen molar-refractivity contribution in [3.05, 3.63) is 35.9 Å². The van der Waals surface area contributed by atoms with Gasteiger partial charge in [0.15, 0.2) is 5.96 Å². The van der Waals surface area contributed by atoms with Gasteiger partial charge in [0.05, 0.1) is 0 Å². The van der Waals surface area contributed by atoms with Crippen LogP contribution in [0.1, 0.15) is 79.7 Å². The molecule has 1 aromatic carbocycles. The van der Waals surface area contributed by atoms with Crippen molar-refractivity contribution in [1.29, 1.82) is 0 Å². The Kier molecular flexibility index (Phi) is 15.4. The van der Waals surface area contributed by atoms with Gasteiger partial charge < -0.3 is 36.9 Å². The first-order valence-electron chi connectivity index (χ1n) is 14.4. The van der Waals surface area contributed by atoms with Gasteiger partial charge in [-0.05, 0) is 63.9 Å². The Morgan fingerprint density at radius 2 is 1.38 bits per heavy atom. The zero-order valence-electron chi connectivity index (χ0n) is 26.1. The fraction of sp³-hybridized carbons (Fsp3) is 0.633. The minimum Gasteiger partial charge on any atom is -0.459 e. The number of carbonyl (C=O) groups is 4. The summed E-state index contributed by atoms with van der Waals surface area (Å²) in [4.78, 5) is 56.3. The number of nitrogens with one attached hydrogen (secondary N) is 3. The second kappa shape index (κ2) is 17.9. The van der Waals surface area contributed by atoms with E-state index < -0.39 is 47.6 Å². The van der Waals surface area contributed by atoms with Gasteiger partial charge in [0, 0.05) is 6.54 Å². The van der Waals surface area contributed by atoms with Gasteiger partial charge in [0.1, 0.15) is 30.3 Å². The number of hydrogen-bond donors (Lipinski definition) is 5. The molecular weight excluding hydrogens is 540 g/mol. The van der Waals surface area contributed by atoms with Gasteiger partial charge in [-0.15, -0.1) is 0 Å². The van der Waals surface area contributed by atoms with E-state index in [1.54, 1.807) is 20.8 Å². The Bertz CT molecular complexity index is 1030. The Morgan fingerprint density at radius 1 is 0.833 bits per heavy atom. The van der Waals surface area contributed by atoms with Crippen LogP contribution in [0.15, 0.2) is 35.3 Å². The molecule has 42 heavy (non-hydrogen) atoms. The number of nitrogens with zero attached hydrogens (tertiary/aromatic N) is 1. The number of amides is 3. The van der Waals surface area contributed by atoms with Gasteiger partial charge >= 0.3 is 12.1 Å². The first-order valence-corrected chi connectivity index (χ1v) is 14.4. The topological polar surface area (TPSA) is 187 Å². The number of alkyl carbamates (subject to hydrolysis) is 1. The highest BCUT2D eigenvalue weighted by atomic mass is 16.6. The Morgan fingerprint density at radius 3 is 1.93 bits per heavy atom. The molecule has 0 aliphatic heterocycles. The Labute approximate surface area is 249 Å². The van der Waals surface area contributed by atoms with Crippen LogP contribution in [0.3, 0.4) is 0 Å². The van der Waals surface area contributed by atoms with Crippen LogP contribution in [-0.2, 0) is 30.5 Å². The number of carbonyl (C=O) groups excluding carboxylic acids is 4. The van der Waals surface area contributed by atoms with E-state index in [9.17, 15) is 19.2 Å². The second-order valence-corrected chi connectivity index (χ2v) is 12.1. The fourth-order valence-corrected chi connectivity index (χ4v) is 3.98. The summed E-state index contributed by atoms with van der Waals surface area (Å²) in [5, 5.41) is 8.13. The summed E-state index contributed by atoms with van der Waals surface area (Å²) in [6, 6.07) is 6.32. The molecule has 3 amide bonds. The molecule has 0 spiro atoms. The molecule has 7 N–H and O–H groups in total. The standard InChI is InChI=1S/C30H50N6O6/c1-19(2)16-23(36-29(40)42-30(5,6)7)26(38)34-22(14-11-15-33-28(31)32)25(37)35-24(17-20(3)4)27(39)41-18-21-12-9-8-10-13-21/h8-10,12-13,19-20,22-24H,11,14-18H2,1-7H3,(H,34,38)(H,35,37)(H,36,40)(H4,31,32,33)/t22-,23-,24-/m0/s1. The zero-order valence-corrected chi connectivity index (χ0v) is 26.1. The van der Waals surface area contributed by atoms with Crippen molar-refractivity contribution in [3.8, 4) is 0 Å². The Balaban J connectivity index is 3.09. The van der Waals surface area contributed by atoms with Gasteiger partial charge in [-0.25, -0.2) is 9.59 Å². The molecule has 1 aromatic rings. The van der Waals surface area contributed by atoms with E-state index in [-0.39, 0.29) is 37.4 Å². The highest BCUT2D eigenvalue weighted by Crippen LogP contribution is 2.12. The van der Waals surface area contributed by atoms with Crippen molar-refractivity contribution in [3.63, 3.8) is 0 Å². The summed E-state index contributed by atoms with van der Waals surface area (Å²) < 4.78 is 10.8. The minimum absolute atomic E-state index is 0.0552. The highest BCUT2D eigenvalue weighted by molar-refractivity contribution is 5.93. The molecule has 12 nitrogen and oxygen atoms in total. The van der Waals surface area contributed by atoms with Gasteiger partial charge in [0.2, 0.25) is 11.8 Å². The SMILES string of the molecule is CC(C)C[C@H](NC(=O)OC(C)(C)C)C(=O)N[C@@H](CCCN=C(N)N)C(=O)N[C@@H](CC(C)C)C(=O)OCc1ccccc1. The molecule has 0 heterocycles. The van der Waals surface area contributed by atoms with Crippen molar-refractivity contribution < 1.29 is 28.7 Å². The number of aliphatic imine (C=N–C) groups is 1. The average molecular weight is 591 g/mol. The van der Waals surface area contributed by atoms with Crippen molar-refractivity contribution >= 4 is 29.8 Å². The first-order chi connectivity index (χ1) is 19.6. The third-order valence-corrected chi connectivity index (χ3v) is 5.82. The van der Waals surface area contributed by atoms with E-state index in [2.05, 4.69) is 20.9 Å². The largest absolute Gasteiger partial charge is 0.459 e. The molecule has 0 aromatic heterocycles. The number of nitrogens with two attached hydrogens (primary N) is 2. The molecule has 0 fully saturated rings. The zero-order chi connectivity index (χ0) is 31.9. The van der Waals surface area contributed by atoms with Gasteiger partial charge in [-0.3, -0.25) is 14.6 Å². The van der Waals surface area contributed by atoms with Crippen LogP contribution in [0, 0.1) is 11.8 Å². The highest BCUT2D eigenvalue weighted by Gasteiger charge is 2.31. The molecule has 1 rings (SSSR count). The molecule has 0 saturated heterocycles. The van der Waals surface area contributed by atoms with E-state index in [4.69, 9.17) is 20.9 Å². The number of esters is 1. The van der Waals surface area contributed by atoms with Gasteiger partial charge in [0.25, 0.3) is 0 Å². The molecule has 12 heteroatoms. The summed E-state index contributed by atoms with van der Waals surface area (Å²) in [6.07, 6.45) is 0.468. The Hall–Kier alpha value is -3.83. The van der Waals surface area contributed by atoms with E-state index in [1.165, 1.54) is 0 Å². The summed E-state index contributed by atoms with van der Waals surface area (Å²) in [5.41, 5.74) is 10.9. The molecule has 0 radical (unpaired) electrons. The molecule has 0 unspecified atom stereocenters. The molecule has 0 aliphatic carbocycles. The summed E-state index contributed by atoms with van der Waals surface area (Å²) >= 11 is 0. The van der Waals surface area contributed by atoms with Crippen molar-refractivity contribution in [2.24, 2.45) is 28.3 Å². The smallest absolute Gasteiger partial charge is 0.408 e. The predicted molar refractivity (Wildman–Crippen MR) is 162 cm³/mol. The summed E-state index contributed by atoms with van der Waals surface area (Å²) in [6.45, 7) is 13.1. The third-order valence-electron chi connectivity index (χ3n) is 5.82. The summed E-state index contributed by atoms with van der Waals surface area (Å²) in [7, 11) is 0. The lowest BCUT2D eigenvalue weighted by atomic mass is 10.0. The first kappa shape index (κ1) is 36.2. The van der Waals surface area contributed by atoms with Crippen LogP contribution in [-0.4, -0.2) is 60.1 Å². The number of hydrogen-bond acceptors (Lipinski definition) is 7. The van der Waals surface area contributed by atoms with Crippen molar-refractivity contribution in [2.45, 2.75) is 104 Å². The van der Waals surface area contributed by atoms with Gasteiger partial charge in [-0.2, -0.15) is 0 Å². The van der Waals surface area contributed by atoms with Crippen LogP contribution in [0.5, 0.6) is 0 Å². The maximum atomic E-state index is 13.5. The normalized spacial score (nSPS) is 13.5. The van der Waals surface area contributed by atoms with Crippen LogP contribution >= 0.6 is 0 Å². The second-order valence-electron chi connectivity index (χ2n) is 12.1. The maximum Gasteiger partial charge on any atom is 0.408 e. The molecule has 0 saturated carbocycles. The monoisotopic (exact) mass is 590 g/mol. The summed E-state index contributed by atoms with van der Waals surface area (Å²) in [5.74, 6) is -1.64. The van der Waals surface area contributed by atoms with Crippen LogP contribution in [0.2, 0.25) is 0 Å².